The lowest BCUT2D eigenvalue weighted by Crippen LogP contribution is -2.47. The van der Waals surface area contributed by atoms with E-state index in [-0.39, 0.29) is 23.0 Å². The molecule has 6 rings (SSSR count). The van der Waals surface area contributed by atoms with Crippen LogP contribution in [0.4, 0.5) is 11.6 Å². The number of nitrogens with two attached hydrogens (primary N) is 1. The number of sulfonamides is 1. The number of carbonyl (C=O) groups is 2. The van der Waals surface area contributed by atoms with Gasteiger partial charge in [0.15, 0.2) is 11.3 Å². The number of anilines is 2. The number of primary amides is 1. The highest BCUT2D eigenvalue weighted by atomic mass is 32.2. The van der Waals surface area contributed by atoms with Gasteiger partial charge in [0, 0.05) is 32.3 Å². The quantitative estimate of drug-likeness (QED) is 0.390. The molecule has 1 atom stereocenters. The van der Waals surface area contributed by atoms with Gasteiger partial charge in [0.05, 0.1) is 23.1 Å². The zero-order chi connectivity index (χ0) is 25.5. The summed E-state index contributed by atoms with van der Waals surface area (Å²) in [4.78, 5) is 29.3. The van der Waals surface area contributed by atoms with Crippen molar-refractivity contribution in [2.24, 2.45) is 11.1 Å². The number of aromatic nitrogens is 5. The summed E-state index contributed by atoms with van der Waals surface area (Å²) in [5, 5.41) is 18.4. The molecule has 1 spiro atoms. The highest BCUT2D eigenvalue weighted by molar-refractivity contribution is 7.88. The largest absolute Gasteiger partial charge is 0.369 e. The molecule has 188 valence electrons. The van der Waals surface area contributed by atoms with Crippen LogP contribution in [-0.4, -0.2) is 75.7 Å². The molecule has 0 aromatic carbocycles. The van der Waals surface area contributed by atoms with Crippen molar-refractivity contribution in [3.63, 3.8) is 0 Å². The van der Waals surface area contributed by atoms with Crippen LogP contribution in [0.25, 0.3) is 5.65 Å². The van der Waals surface area contributed by atoms with Crippen molar-refractivity contribution in [2.45, 2.75) is 30.6 Å². The van der Waals surface area contributed by atoms with Gasteiger partial charge >= 0.3 is 0 Å². The fraction of sp³-hybridized carbons (Fsp3) is 0.455. The minimum absolute atomic E-state index is 0.0428. The molecule has 2 saturated carbocycles. The fourth-order valence-corrected chi connectivity index (χ4v) is 6.17. The van der Waals surface area contributed by atoms with E-state index in [4.69, 9.17) is 5.73 Å². The van der Waals surface area contributed by atoms with Gasteiger partial charge in [-0.05, 0) is 42.4 Å². The van der Waals surface area contributed by atoms with Gasteiger partial charge in [-0.2, -0.15) is 10.1 Å². The molecule has 4 heterocycles. The second-order valence-electron chi connectivity index (χ2n) is 9.90. The fourth-order valence-electron chi connectivity index (χ4n) is 5.27. The lowest BCUT2D eigenvalue weighted by molar-refractivity contribution is -0.121. The molecule has 0 unspecified atom stereocenters. The number of hydrogen-bond acceptors (Lipinski definition) is 9. The first-order valence-corrected chi connectivity index (χ1v) is 13.4. The van der Waals surface area contributed by atoms with Crippen molar-refractivity contribution >= 4 is 39.1 Å². The van der Waals surface area contributed by atoms with Gasteiger partial charge in [0.1, 0.15) is 0 Å². The van der Waals surface area contributed by atoms with Crippen molar-refractivity contribution in [3.8, 4) is 0 Å². The van der Waals surface area contributed by atoms with Gasteiger partial charge in [-0.3, -0.25) is 9.59 Å². The number of hydrogen-bond donors (Lipinski definition) is 3. The minimum atomic E-state index is -3.20. The standard InChI is InChI=1S/C22H25N9O4S/c1-24-18(32)17-14(7-15(27-28-17)22(19(23)33)11-21(22)5-6-21)25-20-26-16-4-3-12(10-31(16)29-20)13-8-30(9-13)36(2,34)35/h3-4,7,10,13H,5-6,8-9,11H2,1-2H3,(H2,23,33)(H,24,32)(H,25,27,29)/t22-/m1/s1. The van der Waals surface area contributed by atoms with E-state index in [1.165, 1.54) is 17.6 Å². The van der Waals surface area contributed by atoms with E-state index in [0.29, 0.717) is 36.5 Å². The normalized spacial score (nSPS) is 22.8. The molecule has 3 aromatic heterocycles. The molecule has 2 amide bonds. The van der Waals surface area contributed by atoms with Gasteiger partial charge in [-0.15, -0.1) is 10.2 Å². The summed E-state index contributed by atoms with van der Waals surface area (Å²) in [7, 11) is -1.71. The third kappa shape index (κ3) is 3.35. The van der Waals surface area contributed by atoms with E-state index in [9.17, 15) is 18.0 Å². The van der Waals surface area contributed by atoms with E-state index in [0.717, 1.165) is 18.4 Å². The molecule has 3 aromatic rings. The lowest BCUT2D eigenvalue weighted by Gasteiger charge is -2.37. The Morgan fingerprint density at radius 3 is 2.56 bits per heavy atom. The Labute approximate surface area is 206 Å². The summed E-state index contributed by atoms with van der Waals surface area (Å²) in [6, 6.07) is 5.34. The van der Waals surface area contributed by atoms with Crippen molar-refractivity contribution < 1.29 is 18.0 Å². The lowest BCUT2D eigenvalue weighted by atomic mass is 9.95. The van der Waals surface area contributed by atoms with Crippen molar-refractivity contribution in [1.82, 2.24) is 34.4 Å². The third-order valence-corrected chi connectivity index (χ3v) is 8.96. The maximum absolute atomic E-state index is 12.5. The van der Waals surface area contributed by atoms with Crippen molar-refractivity contribution in [1.29, 1.82) is 0 Å². The predicted octanol–water partition coefficient (Wildman–Crippen LogP) is -0.112. The van der Waals surface area contributed by atoms with E-state index in [1.54, 1.807) is 16.6 Å². The smallest absolute Gasteiger partial charge is 0.273 e. The Morgan fingerprint density at radius 1 is 1.19 bits per heavy atom. The van der Waals surface area contributed by atoms with Crippen molar-refractivity contribution in [2.75, 3.05) is 31.7 Å². The monoisotopic (exact) mass is 511 g/mol. The molecule has 3 fully saturated rings. The SMILES string of the molecule is CNC(=O)c1nnc([C@@]2(C(N)=O)CC23CC3)cc1Nc1nc2ccc(C3CN(S(C)(=O)=O)C3)cn2n1. The first-order valence-electron chi connectivity index (χ1n) is 11.5. The van der Waals surface area contributed by atoms with Gasteiger partial charge in [0.2, 0.25) is 21.9 Å². The van der Waals surface area contributed by atoms with Crippen LogP contribution in [-0.2, 0) is 20.2 Å². The van der Waals surface area contributed by atoms with Crippen LogP contribution in [0, 0.1) is 5.41 Å². The highest BCUT2D eigenvalue weighted by Crippen LogP contribution is 2.78. The van der Waals surface area contributed by atoms with Crippen molar-refractivity contribution in [3.05, 3.63) is 41.3 Å². The van der Waals surface area contributed by atoms with E-state index < -0.39 is 27.3 Å². The molecule has 14 heteroatoms. The first kappa shape index (κ1) is 22.8. The predicted molar refractivity (Wildman–Crippen MR) is 128 cm³/mol. The minimum Gasteiger partial charge on any atom is -0.369 e. The van der Waals surface area contributed by atoms with Crippen LogP contribution < -0.4 is 16.4 Å². The van der Waals surface area contributed by atoms with Crippen LogP contribution in [0.3, 0.4) is 0 Å². The van der Waals surface area contributed by atoms with Crippen LogP contribution in [0.5, 0.6) is 0 Å². The van der Waals surface area contributed by atoms with Crippen LogP contribution in [0.2, 0.25) is 0 Å². The molecular weight excluding hydrogens is 486 g/mol. The summed E-state index contributed by atoms with van der Waals surface area (Å²) in [5.74, 6) is -0.577. The number of nitrogens with one attached hydrogen (secondary N) is 2. The summed E-state index contributed by atoms with van der Waals surface area (Å²) in [6.45, 7) is 0.850. The molecular formula is C22H25N9O4S. The Bertz CT molecular complexity index is 1540. The van der Waals surface area contributed by atoms with E-state index >= 15 is 0 Å². The molecule has 0 radical (unpaired) electrons. The zero-order valence-corrected chi connectivity index (χ0v) is 20.5. The van der Waals surface area contributed by atoms with Gasteiger partial charge in [-0.1, -0.05) is 6.07 Å². The molecule has 1 saturated heterocycles. The number of carbonyl (C=O) groups excluding carboxylic acids is 2. The molecule has 13 nitrogen and oxygen atoms in total. The van der Waals surface area contributed by atoms with Gasteiger partial charge < -0.3 is 16.4 Å². The molecule has 1 aliphatic heterocycles. The second kappa shape index (κ2) is 7.43. The van der Waals surface area contributed by atoms with Gasteiger partial charge in [-0.25, -0.2) is 17.2 Å². The maximum Gasteiger partial charge on any atom is 0.273 e. The number of nitrogens with zero attached hydrogens (tertiary/aromatic N) is 6. The summed E-state index contributed by atoms with van der Waals surface area (Å²) >= 11 is 0. The molecule has 2 aliphatic carbocycles. The first-order chi connectivity index (χ1) is 17.1. The number of fused-ring (bicyclic) bond motifs is 1. The summed E-state index contributed by atoms with van der Waals surface area (Å²) < 4.78 is 26.4. The summed E-state index contributed by atoms with van der Waals surface area (Å²) in [6.07, 6.45) is 5.48. The van der Waals surface area contributed by atoms with Crippen LogP contribution in [0.15, 0.2) is 24.4 Å². The van der Waals surface area contributed by atoms with E-state index in [2.05, 4.69) is 30.9 Å². The number of rotatable bonds is 7. The van der Waals surface area contributed by atoms with Gasteiger partial charge in [0.25, 0.3) is 5.91 Å². The zero-order valence-electron chi connectivity index (χ0n) is 19.7. The second-order valence-corrected chi connectivity index (χ2v) is 11.9. The van der Waals surface area contributed by atoms with Crippen LogP contribution in [0.1, 0.15) is 46.9 Å². The highest BCUT2D eigenvalue weighted by Gasteiger charge is 2.78. The third-order valence-electron chi connectivity index (χ3n) is 7.72. The molecule has 0 bridgehead atoms. The molecule has 36 heavy (non-hydrogen) atoms. The van der Waals surface area contributed by atoms with Crippen LogP contribution >= 0.6 is 0 Å². The van der Waals surface area contributed by atoms with E-state index in [1.807, 2.05) is 12.3 Å². The Balaban J connectivity index is 1.30. The molecule has 4 N–H and O–H groups in total. The Hall–Kier alpha value is -3.65. The Kier molecular flexibility index (Phi) is 4.70. The summed E-state index contributed by atoms with van der Waals surface area (Å²) in [5.41, 5.74) is 7.10. The molecule has 3 aliphatic rings. The Morgan fingerprint density at radius 2 is 1.94 bits per heavy atom. The maximum atomic E-state index is 12.5. The topological polar surface area (TPSA) is 178 Å². The average molecular weight is 512 g/mol. The number of amides is 2. The average Bonchev–Trinajstić information content (AvgIpc) is 3.67. The number of pyridine rings is 1.